The number of non-ortho nitro benzene ring substituents is 1. The molecule has 1 saturated heterocycles. The second-order valence-electron chi connectivity index (χ2n) is 7.92. The second-order valence-corrected chi connectivity index (χ2v) is 8.38. The van der Waals surface area contributed by atoms with E-state index in [1.165, 1.54) is 0 Å². The summed E-state index contributed by atoms with van der Waals surface area (Å²) < 4.78 is 4.87. The molecule has 0 spiro atoms. The van der Waals surface area contributed by atoms with Crippen molar-refractivity contribution in [3.05, 3.63) is 86.6 Å². The Kier molecular flexibility index (Phi) is 6.63. The number of ether oxygens (including phenoxy) is 1. The number of hydrogen-bond acceptors (Lipinski definition) is 8. The predicted molar refractivity (Wildman–Crippen MR) is 122 cm³/mol. The van der Waals surface area contributed by atoms with Gasteiger partial charge in [-0.1, -0.05) is 41.9 Å². The Labute approximate surface area is 203 Å². The number of esters is 2. The molecule has 2 amide bonds. The van der Waals surface area contributed by atoms with Crippen molar-refractivity contribution in [2.45, 2.75) is 31.0 Å². The lowest BCUT2D eigenvalue weighted by Crippen LogP contribution is -2.72. The number of nitro benzene ring substituents is 1. The molecule has 180 valence electrons. The molecule has 12 heteroatoms. The van der Waals surface area contributed by atoms with E-state index in [1.54, 1.807) is 30.3 Å². The Balaban J connectivity index is 1.43. The van der Waals surface area contributed by atoms with Crippen LogP contribution in [0.3, 0.4) is 0 Å². The molecule has 3 atom stereocenters. The lowest BCUT2D eigenvalue weighted by Gasteiger charge is -2.49. The summed E-state index contributed by atoms with van der Waals surface area (Å²) in [5.41, 5.74) is 5.97. The van der Waals surface area contributed by atoms with Crippen LogP contribution in [0.5, 0.6) is 0 Å². The van der Waals surface area contributed by atoms with Crippen molar-refractivity contribution in [2.24, 2.45) is 5.73 Å². The summed E-state index contributed by atoms with van der Waals surface area (Å²) in [5, 5.41) is 13.4. The number of fused-ring (bicyclic) bond motifs is 1. The smallest absolute Gasteiger partial charge is 0.364 e. The number of β-lactam (4-membered cyclic amide) rings is 1. The van der Waals surface area contributed by atoms with Crippen LogP contribution in [0, 0.1) is 10.1 Å². The first-order valence-corrected chi connectivity index (χ1v) is 10.9. The maximum absolute atomic E-state index is 12.8. The number of amides is 2. The maximum Gasteiger partial charge on any atom is 0.364 e. The summed E-state index contributed by atoms with van der Waals surface area (Å²) in [4.78, 5) is 61.7. The van der Waals surface area contributed by atoms with Crippen molar-refractivity contribution in [2.75, 3.05) is 0 Å². The third-order valence-electron chi connectivity index (χ3n) is 5.81. The summed E-state index contributed by atoms with van der Waals surface area (Å²) in [6.45, 7) is 0. The molecule has 2 aliphatic heterocycles. The third-order valence-corrected chi connectivity index (χ3v) is 6.18. The SMILES string of the molecule is N[C@@H](C(=O)N[C@@H]1C(=O)N2C(C(=O)OC(=O)c3ccc([N+](=O)[O-])cc3)=C(Cl)CCC12)c1ccccc1. The molecule has 4 rings (SSSR count). The van der Waals surface area contributed by atoms with Crippen LogP contribution in [-0.4, -0.2) is 45.7 Å². The summed E-state index contributed by atoms with van der Waals surface area (Å²) in [7, 11) is 0. The average molecular weight is 499 g/mol. The Bertz CT molecular complexity index is 1250. The Morgan fingerprint density at radius 1 is 1.11 bits per heavy atom. The summed E-state index contributed by atoms with van der Waals surface area (Å²) >= 11 is 6.20. The quantitative estimate of drug-likeness (QED) is 0.200. The van der Waals surface area contributed by atoms with Crippen LogP contribution in [-0.2, 0) is 19.1 Å². The van der Waals surface area contributed by atoms with Crippen LogP contribution in [0.25, 0.3) is 0 Å². The molecule has 3 N–H and O–H groups in total. The van der Waals surface area contributed by atoms with Crippen molar-refractivity contribution < 1.29 is 28.8 Å². The fourth-order valence-corrected chi connectivity index (χ4v) is 4.25. The first-order valence-electron chi connectivity index (χ1n) is 10.5. The number of nitrogens with two attached hydrogens (primary N) is 1. The first-order chi connectivity index (χ1) is 16.7. The van der Waals surface area contributed by atoms with Gasteiger partial charge in [-0.15, -0.1) is 0 Å². The monoisotopic (exact) mass is 498 g/mol. The Morgan fingerprint density at radius 3 is 2.40 bits per heavy atom. The maximum atomic E-state index is 12.8. The zero-order valence-corrected chi connectivity index (χ0v) is 18.8. The molecular weight excluding hydrogens is 480 g/mol. The van der Waals surface area contributed by atoms with Crippen molar-refractivity contribution in [3.8, 4) is 0 Å². The van der Waals surface area contributed by atoms with Gasteiger partial charge in [-0.25, -0.2) is 9.59 Å². The number of carbonyl (C=O) groups excluding carboxylic acids is 4. The van der Waals surface area contributed by atoms with Gasteiger partial charge in [0.15, 0.2) is 0 Å². The first kappa shape index (κ1) is 24.0. The normalized spacial score (nSPS) is 19.8. The highest BCUT2D eigenvalue weighted by Gasteiger charge is 2.54. The van der Waals surface area contributed by atoms with Crippen LogP contribution in [0.2, 0.25) is 0 Å². The van der Waals surface area contributed by atoms with Crippen LogP contribution in [0.1, 0.15) is 34.8 Å². The van der Waals surface area contributed by atoms with Gasteiger partial charge in [-0.05, 0) is 30.5 Å². The van der Waals surface area contributed by atoms with E-state index in [1.807, 2.05) is 0 Å². The van der Waals surface area contributed by atoms with Gasteiger partial charge in [0.2, 0.25) is 5.91 Å². The van der Waals surface area contributed by atoms with E-state index in [9.17, 15) is 29.3 Å². The van der Waals surface area contributed by atoms with Gasteiger partial charge in [0.1, 0.15) is 17.8 Å². The van der Waals surface area contributed by atoms with Gasteiger partial charge < -0.3 is 15.8 Å². The van der Waals surface area contributed by atoms with Crippen molar-refractivity contribution >= 4 is 41.0 Å². The Hall–Kier alpha value is -4.09. The number of carbonyl (C=O) groups is 4. The lowest BCUT2D eigenvalue weighted by atomic mass is 9.86. The number of allylic oxidation sites excluding steroid dienone is 1. The molecule has 0 saturated carbocycles. The third kappa shape index (κ3) is 4.63. The summed E-state index contributed by atoms with van der Waals surface area (Å²) in [6, 6.07) is 10.7. The molecule has 2 aromatic carbocycles. The number of nitro groups is 1. The number of benzene rings is 2. The van der Waals surface area contributed by atoms with Gasteiger partial charge in [-0.2, -0.15) is 0 Å². The molecule has 2 heterocycles. The summed E-state index contributed by atoms with van der Waals surface area (Å²) in [5.74, 6) is -3.33. The van der Waals surface area contributed by atoms with E-state index < -0.39 is 46.8 Å². The highest BCUT2D eigenvalue weighted by molar-refractivity contribution is 6.32. The highest BCUT2D eigenvalue weighted by atomic mass is 35.5. The summed E-state index contributed by atoms with van der Waals surface area (Å²) in [6.07, 6.45) is 0.604. The molecule has 11 nitrogen and oxygen atoms in total. The number of halogens is 1. The van der Waals surface area contributed by atoms with E-state index in [-0.39, 0.29) is 28.4 Å². The minimum atomic E-state index is -1.14. The molecule has 2 aliphatic rings. The number of rotatable bonds is 6. The van der Waals surface area contributed by atoms with Crippen LogP contribution in [0.4, 0.5) is 5.69 Å². The second kappa shape index (κ2) is 9.65. The van der Waals surface area contributed by atoms with Crippen LogP contribution >= 0.6 is 11.6 Å². The van der Waals surface area contributed by atoms with E-state index in [2.05, 4.69) is 5.32 Å². The Morgan fingerprint density at radius 2 is 1.77 bits per heavy atom. The predicted octanol–water partition coefficient (Wildman–Crippen LogP) is 1.92. The minimum Gasteiger partial charge on any atom is -0.385 e. The fourth-order valence-electron chi connectivity index (χ4n) is 3.97. The molecule has 35 heavy (non-hydrogen) atoms. The van der Waals surface area contributed by atoms with Crippen molar-refractivity contribution in [1.29, 1.82) is 0 Å². The van der Waals surface area contributed by atoms with E-state index in [0.29, 0.717) is 12.0 Å². The van der Waals surface area contributed by atoms with E-state index in [0.717, 1.165) is 29.2 Å². The minimum absolute atomic E-state index is 0.0434. The fraction of sp³-hybridized carbons (Fsp3) is 0.217. The zero-order chi connectivity index (χ0) is 25.3. The largest absolute Gasteiger partial charge is 0.385 e. The molecular formula is C23H19ClN4O7. The average Bonchev–Trinajstić information content (AvgIpc) is 2.86. The number of nitrogens with one attached hydrogen (secondary N) is 1. The molecule has 0 aliphatic carbocycles. The standard InChI is InChI=1S/C23H19ClN4O7/c24-15-10-11-16-18(26-20(29)17(25)12-4-2-1-3-5-12)21(30)27(16)19(15)23(32)35-22(31)13-6-8-14(9-7-13)28(33)34/h1-9,16-18H,10-11,25H2,(H,26,29)/t16?,17-,18+/m1/s1. The molecule has 0 aromatic heterocycles. The van der Waals surface area contributed by atoms with Gasteiger partial charge in [0.05, 0.1) is 16.5 Å². The van der Waals surface area contributed by atoms with Gasteiger partial charge in [0, 0.05) is 17.2 Å². The number of hydrogen-bond donors (Lipinski definition) is 2. The zero-order valence-electron chi connectivity index (χ0n) is 18.0. The number of nitrogens with zero attached hydrogens (tertiary/aromatic N) is 2. The topological polar surface area (TPSA) is 162 Å². The molecule has 1 unspecified atom stereocenters. The van der Waals surface area contributed by atoms with Gasteiger partial charge >= 0.3 is 11.9 Å². The lowest BCUT2D eigenvalue weighted by molar-refractivity contribution is -0.384. The molecule has 0 bridgehead atoms. The molecule has 2 aromatic rings. The van der Waals surface area contributed by atoms with E-state index in [4.69, 9.17) is 22.1 Å². The van der Waals surface area contributed by atoms with Crippen molar-refractivity contribution in [3.63, 3.8) is 0 Å². The molecule has 0 radical (unpaired) electrons. The van der Waals surface area contributed by atoms with Crippen LogP contribution < -0.4 is 11.1 Å². The van der Waals surface area contributed by atoms with Crippen molar-refractivity contribution in [1.82, 2.24) is 10.2 Å². The van der Waals surface area contributed by atoms with Crippen LogP contribution in [0.15, 0.2) is 65.3 Å². The molecule has 1 fully saturated rings. The van der Waals surface area contributed by atoms with E-state index >= 15 is 0 Å². The highest BCUT2D eigenvalue weighted by Crippen LogP contribution is 2.38. The van der Waals surface area contributed by atoms with Gasteiger partial charge in [-0.3, -0.25) is 24.6 Å². The van der Waals surface area contributed by atoms with Gasteiger partial charge in [0.25, 0.3) is 11.6 Å².